The number of hydrogen-bond donors (Lipinski definition) is 3. The average Bonchev–Trinajstić information content (AvgIpc) is 3.06. The van der Waals surface area contributed by atoms with Gasteiger partial charge in [-0.3, -0.25) is 0 Å². The van der Waals surface area contributed by atoms with E-state index in [1.54, 1.807) is 13.0 Å². The van der Waals surface area contributed by atoms with Gasteiger partial charge in [0.1, 0.15) is 29.0 Å². The van der Waals surface area contributed by atoms with Crippen LogP contribution in [0.3, 0.4) is 0 Å². The summed E-state index contributed by atoms with van der Waals surface area (Å²) in [6.07, 6.45) is -0.0329. The van der Waals surface area contributed by atoms with Gasteiger partial charge in [0.2, 0.25) is 0 Å². The van der Waals surface area contributed by atoms with Crippen molar-refractivity contribution >= 4 is 5.96 Å². The van der Waals surface area contributed by atoms with Crippen LogP contribution in [-0.4, -0.2) is 36.8 Å². The van der Waals surface area contributed by atoms with E-state index in [0.29, 0.717) is 18.3 Å². The molecule has 3 N–H and O–H groups in total. The number of aliphatic imine (C=N–C) groups is 1. The molecule has 26 heavy (non-hydrogen) atoms. The molecular weight excluding hydrogens is 330 g/mol. The summed E-state index contributed by atoms with van der Waals surface area (Å²) in [5.74, 6) is 2.73. The number of benzene rings is 1. The van der Waals surface area contributed by atoms with Gasteiger partial charge in [-0.15, -0.1) is 0 Å². The quantitative estimate of drug-likeness (QED) is 0.499. The molecule has 0 aliphatic carbocycles. The van der Waals surface area contributed by atoms with E-state index in [0.717, 1.165) is 18.1 Å². The van der Waals surface area contributed by atoms with Gasteiger partial charge >= 0.3 is 0 Å². The van der Waals surface area contributed by atoms with Gasteiger partial charge in [0, 0.05) is 6.54 Å². The first-order valence-electron chi connectivity index (χ1n) is 8.94. The molecule has 0 saturated heterocycles. The smallest absolute Gasteiger partial charge is 0.191 e. The average molecular weight is 359 g/mol. The lowest BCUT2D eigenvalue weighted by Crippen LogP contribution is -2.42. The Bertz CT molecular complexity index is 695. The largest absolute Gasteiger partial charge is 0.489 e. The highest BCUT2D eigenvalue weighted by Crippen LogP contribution is 2.23. The maximum atomic E-state index is 10.6. The van der Waals surface area contributed by atoms with Crippen molar-refractivity contribution in [1.82, 2.24) is 10.6 Å². The molecule has 0 amide bonds. The van der Waals surface area contributed by atoms with E-state index >= 15 is 0 Å². The van der Waals surface area contributed by atoms with Crippen molar-refractivity contribution in [2.45, 2.75) is 39.4 Å². The molecule has 2 aromatic rings. The number of guanidine groups is 1. The molecule has 6 heteroatoms. The second-order valence-corrected chi connectivity index (χ2v) is 6.50. The van der Waals surface area contributed by atoms with Crippen molar-refractivity contribution < 1.29 is 14.3 Å². The summed E-state index contributed by atoms with van der Waals surface area (Å²) in [6.45, 7) is 9.02. The van der Waals surface area contributed by atoms with E-state index in [9.17, 15) is 5.11 Å². The maximum absolute atomic E-state index is 10.6. The molecule has 6 nitrogen and oxygen atoms in total. The Morgan fingerprint density at radius 3 is 2.58 bits per heavy atom. The fraction of sp³-hybridized carbons (Fsp3) is 0.450. The number of rotatable bonds is 8. The molecule has 1 aromatic carbocycles. The number of hydrogen-bond acceptors (Lipinski definition) is 4. The summed E-state index contributed by atoms with van der Waals surface area (Å²) in [5, 5.41) is 17.0. The maximum Gasteiger partial charge on any atom is 0.191 e. The number of aryl methyl sites for hydroxylation is 1. The lowest BCUT2D eigenvalue weighted by molar-refractivity contribution is 0.0428. The van der Waals surface area contributed by atoms with Crippen molar-refractivity contribution in [1.29, 1.82) is 0 Å². The molecule has 0 saturated carbocycles. The predicted molar refractivity (Wildman–Crippen MR) is 104 cm³/mol. The minimum absolute atomic E-state index is 0.0329. The molecule has 0 spiro atoms. The summed E-state index contributed by atoms with van der Waals surface area (Å²) in [7, 11) is 0. The van der Waals surface area contributed by atoms with Crippen molar-refractivity contribution in [2.75, 3.05) is 19.6 Å². The van der Waals surface area contributed by atoms with Gasteiger partial charge in [-0.2, -0.15) is 0 Å². The lowest BCUT2D eigenvalue weighted by Gasteiger charge is -2.21. The highest BCUT2D eigenvalue weighted by molar-refractivity contribution is 5.79. The molecule has 1 aromatic heterocycles. The van der Waals surface area contributed by atoms with Gasteiger partial charge in [0.15, 0.2) is 5.96 Å². The van der Waals surface area contributed by atoms with Crippen LogP contribution in [0.15, 0.2) is 51.9 Å². The lowest BCUT2D eigenvalue weighted by atomic mass is 10.0. The normalized spacial score (nSPS) is 15.2. The monoisotopic (exact) mass is 359 g/mol. The number of furan rings is 1. The molecule has 2 atom stereocenters. The minimum Gasteiger partial charge on any atom is -0.489 e. The van der Waals surface area contributed by atoms with Crippen LogP contribution >= 0.6 is 0 Å². The molecular formula is C20H29N3O3. The first kappa shape index (κ1) is 19.8. The van der Waals surface area contributed by atoms with E-state index in [4.69, 9.17) is 9.15 Å². The number of para-hydroxylation sites is 1. The molecule has 2 unspecified atom stereocenters. The Hall–Kier alpha value is -2.47. The molecule has 0 fully saturated rings. The van der Waals surface area contributed by atoms with Crippen LogP contribution in [-0.2, 0) is 5.60 Å². The molecule has 0 aliphatic heterocycles. The topological polar surface area (TPSA) is 79.0 Å². The summed E-state index contributed by atoms with van der Waals surface area (Å²) in [5.41, 5.74) is -1.16. The third-order valence-electron chi connectivity index (χ3n) is 3.80. The van der Waals surface area contributed by atoms with E-state index < -0.39 is 5.60 Å². The third kappa shape index (κ3) is 6.11. The number of nitrogens with zero attached hydrogens (tertiary/aromatic N) is 1. The second-order valence-electron chi connectivity index (χ2n) is 6.50. The molecule has 1 heterocycles. The van der Waals surface area contributed by atoms with Gasteiger partial charge in [-0.25, -0.2) is 4.99 Å². The van der Waals surface area contributed by atoms with Crippen LogP contribution < -0.4 is 15.4 Å². The zero-order valence-corrected chi connectivity index (χ0v) is 16.0. The van der Waals surface area contributed by atoms with Crippen molar-refractivity contribution in [3.8, 4) is 5.75 Å². The number of nitrogens with one attached hydrogen (secondary N) is 2. The molecule has 0 radical (unpaired) electrons. The van der Waals surface area contributed by atoms with Gasteiger partial charge < -0.3 is 24.9 Å². The first-order chi connectivity index (χ1) is 12.4. The summed E-state index contributed by atoms with van der Waals surface area (Å²) in [4.78, 5) is 4.48. The summed E-state index contributed by atoms with van der Waals surface area (Å²) >= 11 is 0. The standard InChI is InChI=1S/C20H29N3O3/c1-5-21-19(22-13-16(3)25-17-9-7-6-8-10-17)23-14-20(4,24)18-12-11-15(2)26-18/h6-12,16,24H,5,13-14H2,1-4H3,(H2,21,22,23). The second kappa shape index (κ2) is 9.29. The Balaban J connectivity index is 1.91. The van der Waals surface area contributed by atoms with Gasteiger partial charge in [0.05, 0.1) is 13.1 Å². The Kier molecular flexibility index (Phi) is 7.09. The minimum atomic E-state index is -1.16. The fourth-order valence-electron chi connectivity index (χ4n) is 2.39. The predicted octanol–water partition coefficient (Wildman–Crippen LogP) is 2.82. The Morgan fingerprint density at radius 2 is 1.96 bits per heavy atom. The van der Waals surface area contributed by atoms with E-state index in [1.165, 1.54) is 0 Å². The van der Waals surface area contributed by atoms with E-state index in [1.807, 2.05) is 57.2 Å². The van der Waals surface area contributed by atoms with Gasteiger partial charge in [-0.1, -0.05) is 18.2 Å². The highest BCUT2D eigenvalue weighted by Gasteiger charge is 2.26. The van der Waals surface area contributed by atoms with Crippen LogP contribution in [0.25, 0.3) is 0 Å². The fourth-order valence-corrected chi connectivity index (χ4v) is 2.39. The van der Waals surface area contributed by atoms with Crippen LogP contribution in [0.4, 0.5) is 0 Å². The zero-order valence-electron chi connectivity index (χ0n) is 16.0. The number of aliphatic hydroxyl groups is 1. The molecule has 2 rings (SSSR count). The molecule has 0 aliphatic rings. The van der Waals surface area contributed by atoms with Gasteiger partial charge in [0.25, 0.3) is 0 Å². The summed E-state index contributed by atoms with van der Waals surface area (Å²) < 4.78 is 11.4. The third-order valence-corrected chi connectivity index (χ3v) is 3.80. The first-order valence-corrected chi connectivity index (χ1v) is 8.94. The Morgan fingerprint density at radius 1 is 1.23 bits per heavy atom. The van der Waals surface area contributed by atoms with Crippen LogP contribution in [0, 0.1) is 6.92 Å². The molecule has 142 valence electrons. The van der Waals surface area contributed by atoms with Crippen LogP contribution in [0.1, 0.15) is 32.3 Å². The van der Waals surface area contributed by atoms with Crippen molar-refractivity contribution in [3.05, 3.63) is 54.0 Å². The van der Waals surface area contributed by atoms with Crippen LogP contribution in [0.2, 0.25) is 0 Å². The van der Waals surface area contributed by atoms with Crippen LogP contribution in [0.5, 0.6) is 5.75 Å². The van der Waals surface area contributed by atoms with E-state index in [2.05, 4.69) is 15.6 Å². The SMILES string of the molecule is CCNC(=NCC(C)(O)c1ccc(C)o1)NCC(C)Oc1ccccc1. The Labute approximate surface area is 155 Å². The highest BCUT2D eigenvalue weighted by atomic mass is 16.5. The van der Waals surface area contributed by atoms with Gasteiger partial charge in [-0.05, 0) is 52.0 Å². The number of ether oxygens (including phenoxy) is 1. The van der Waals surface area contributed by atoms with Crippen molar-refractivity contribution in [3.63, 3.8) is 0 Å². The van der Waals surface area contributed by atoms with E-state index in [-0.39, 0.29) is 12.6 Å². The van der Waals surface area contributed by atoms with Crippen molar-refractivity contribution in [2.24, 2.45) is 4.99 Å². The molecule has 0 bridgehead atoms. The zero-order chi connectivity index (χ0) is 19.0. The summed E-state index contributed by atoms with van der Waals surface area (Å²) in [6, 6.07) is 13.3.